The summed E-state index contributed by atoms with van der Waals surface area (Å²) >= 11 is 5.98. The predicted octanol–water partition coefficient (Wildman–Crippen LogP) is 0.956. The Bertz CT molecular complexity index is 1020. The fraction of sp³-hybridized carbons (Fsp3) is 0.450. The smallest absolute Gasteiger partial charge is 0.224 e. The van der Waals surface area contributed by atoms with E-state index < -0.39 is 6.10 Å². The summed E-state index contributed by atoms with van der Waals surface area (Å²) < 4.78 is 0. The molecule has 5 rings (SSSR count). The van der Waals surface area contributed by atoms with Crippen molar-refractivity contribution in [1.29, 1.82) is 0 Å². The Morgan fingerprint density at radius 3 is 2.63 bits per heavy atom. The third-order valence-corrected chi connectivity index (χ3v) is 6.29. The Morgan fingerprint density at radius 2 is 1.87 bits per heavy atom. The van der Waals surface area contributed by atoms with Crippen LogP contribution in [0.15, 0.2) is 30.6 Å². The third-order valence-electron chi connectivity index (χ3n) is 6.04. The summed E-state index contributed by atoms with van der Waals surface area (Å²) in [6.07, 6.45) is 1.15. The number of piperazine rings is 1. The van der Waals surface area contributed by atoms with Crippen LogP contribution in [-0.4, -0.2) is 86.3 Å². The van der Waals surface area contributed by atoms with Crippen LogP contribution in [0.2, 0.25) is 5.02 Å². The standard InChI is InChI=1S/C20H25ClN8O/c21-14-3-1-13(2-4-14)9-27-5-7-28(8-6-27)15-10-29(11-16(15)30)19-17-18(24-12-23-17)25-20(22)26-19/h1-4,12,15-16,30H,5-11H2,(H3,22,23,24,25,26). The molecule has 2 fully saturated rings. The van der Waals surface area contributed by atoms with Crippen molar-refractivity contribution in [3.63, 3.8) is 0 Å². The molecule has 2 saturated heterocycles. The zero-order valence-electron chi connectivity index (χ0n) is 16.6. The largest absolute Gasteiger partial charge is 0.390 e. The summed E-state index contributed by atoms with van der Waals surface area (Å²) in [6.45, 7) is 5.92. The molecule has 0 saturated carbocycles. The molecule has 0 aliphatic carbocycles. The maximum Gasteiger partial charge on any atom is 0.224 e. The molecular formula is C20H25ClN8O. The molecule has 10 heteroatoms. The first-order valence-electron chi connectivity index (χ1n) is 10.2. The van der Waals surface area contributed by atoms with E-state index in [-0.39, 0.29) is 12.0 Å². The van der Waals surface area contributed by atoms with Gasteiger partial charge in [-0.05, 0) is 17.7 Å². The summed E-state index contributed by atoms with van der Waals surface area (Å²) in [5.41, 5.74) is 8.43. The number of halogens is 1. The molecule has 9 nitrogen and oxygen atoms in total. The molecule has 4 heterocycles. The lowest BCUT2D eigenvalue weighted by Gasteiger charge is -2.38. The van der Waals surface area contributed by atoms with Gasteiger partial charge in [0, 0.05) is 50.8 Å². The maximum atomic E-state index is 10.8. The number of H-pyrrole nitrogens is 1. The van der Waals surface area contributed by atoms with Gasteiger partial charge in [-0.2, -0.15) is 9.97 Å². The topological polar surface area (TPSA) is 110 Å². The summed E-state index contributed by atoms with van der Waals surface area (Å²) in [4.78, 5) is 22.7. The number of aliphatic hydroxyl groups is 1. The van der Waals surface area contributed by atoms with E-state index in [9.17, 15) is 5.11 Å². The molecule has 2 aliphatic rings. The van der Waals surface area contributed by atoms with Crippen molar-refractivity contribution in [3.05, 3.63) is 41.2 Å². The first-order valence-corrected chi connectivity index (χ1v) is 10.5. The lowest BCUT2D eigenvalue weighted by molar-refractivity contribution is 0.0424. The van der Waals surface area contributed by atoms with E-state index in [4.69, 9.17) is 17.3 Å². The molecular weight excluding hydrogens is 404 g/mol. The number of nitrogens with zero attached hydrogens (tertiary/aromatic N) is 6. The number of rotatable bonds is 4. The average molecular weight is 429 g/mol. The number of fused-ring (bicyclic) bond motifs is 1. The maximum absolute atomic E-state index is 10.8. The van der Waals surface area contributed by atoms with Crippen molar-refractivity contribution in [2.45, 2.75) is 18.7 Å². The van der Waals surface area contributed by atoms with Gasteiger partial charge in [0.05, 0.1) is 18.5 Å². The van der Waals surface area contributed by atoms with Crippen molar-refractivity contribution < 1.29 is 5.11 Å². The molecule has 2 aromatic heterocycles. The van der Waals surface area contributed by atoms with Gasteiger partial charge in [-0.15, -0.1) is 0 Å². The molecule has 0 spiro atoms. The summed E-state index contributed by atoms with van der Waals surface area (Å²) in [7, 11) is 0. The van der Waals surface area contributed by atoms with Crippen LogP contribution >= 0.6 is 11.6 Å². The number of benzene rings is 1. The summed E-state index contributed by atoms with van der Waals surface area (Å²) in [5, 5.41) is 11.5. The van der Waals surface area contributed by atoms with Gasteiger partial charge in [0.2, 0.25) is 5.95 Å². The van der Waals surface area contributed by atoms with Crippen LogP contribution in [0.5, 0.6) is 0 Å². The van der Waals surface area contributed by atoms with Gasteiger partial charge in [0.15, 0.2) is 11.5 Å². The van der Waals surface area contributed by atoms with Crippen molar-refractivity contribution in [1.82, 2.24) is 29.7 Å². The van der Waals surface area contributed by atoms with Crippen LogP contribution in [0.25, 0.3) is 11.2 Å². The monoisotopic (exact) mass is 428 g/mol. The Balaban J connectivity index is 1.23. The van der Waals surface area contributed by atoms with Crippen molar-refractivity contribution >= 4 is 34.5 Å². The highest BCUT2D eigenvalue weighted by molar-refractivity contribution is 6.30. The van der Waals surface area contributed by atoms with Crippen LogP contribution < -0.4 is 10.6 Å². The van der Waals surface area contributed by atoms with Crippen LogP contribution in [-0.2, 0) is 6.54 Å². The van der Waals surface area contributed by atoms with Crippen LogP contribution in [0.3, 0.4) is 0 Å². The first-order chi connectivity index (χ1) is 14.6. The van der Waals surface area contributed by atoms with Gasteiger partial charge in [-0.1, -0.05) is 23.7 Å². The Labute approximate surface area is 179 Å². The highest BCUT2D eigenvalue weighted by Gasteiger charge is 2.38. The van der Waals surface area contributed by atoms with Crippen LogP contribution in [0.4, 0.5) is 11.8 Å². The van der Waals surface area contributed by atoms with E-state index >= 15 is 0 Å². The number of nitrogens with one attached hydrogen (secondary N) is 1. The Morgan fingerprint density at radius 1 is 1.10 bits per heavy atom. The Kier molecular flexibility index (Phi) is 5.20. The number of aromatic nitrogens is 4. The number of aromatic amines is 1. The molecule has 2 unspecified atom stereocenters. The second-order valence-electron chi connectivity index (χ2n) is 7.98. The van der Waals surface area contributed by atoms with Crippen LogP contribution in [0, 0.1) is 0 Å². The molecule has 3 aromatic rings. The zero-order chi connectivity index (χ0) is 20.7. The number of nitrogen functional groups attached to an aromatic ring is 1. The van der Waals surface area contributed by atoms with Gasteiger partial charge in [0.1, 0.15) is 5.52 Å². The number of imidazole rings is 1. The second-order valence-corrected chi connectivity index (χ2v) is 8.42. The second kappa shape index (κ2) is 7.99. The SMILES string of the molecule is Nc1nc(N2CC(O)C(N3CCN(Cc4ccc(Cl)cc4)CC3)C2)c2[nH]cnc2n1. The first kappa shape index (κ1) is 19.5. The molecule has 0 radical (unpaired) electrons. The number of β-amino-alcohol motifs (C(OH)–C–C–N with tert-alkyl or cyclic N) is 1. The Hall–Kier alpha value is -2.46. The van der Waals surface area contributed by atoms with E-state index in [1.807, 2.05) is 12.1 Å². The fourth-order valence-corrected chi connectivity index (χ4v) is 4.59. The van der Waals surface area contributed by atoms with E-state index in [1.165, 1.54) is 5.56 Å². The van der Waals surface area contributed by atoms with E-state index in [1.54, 1.807) is 6.33 Å². The van der Waals surface area contributed by atoms with Crippen molar-refractivity contribution in [3.8, 4) is 0 Å². The third kappa shape index (κ3) is 3.81. The van der Waals surface area contributed by atoms with E-state index in [0.717, 1.165) is 43.3 Å². The number of aliphatic hydroxyl groups excluding tert-OH is 1. The minimum atomic E-state index is -0.443. The summed E-state index contributed by atoms with van der Waals surface area (Å²) in [6, 6.07) is 8.10. The normalized spacial score (nSPS) is 23.5. The number of hydrogen-bond donors (Lipinski definition) is 3. The molecule has 2 aliphatic heterocycles. The van der Waals surface area contributed by atoms with Crippen molar-refractivity contribution in [2.24, 2.45) is 0 Å². The average Bonchev–Trinajstić information content (AvgIpc) is 3.36. The molecule has 2 atom stereocenters. The van der Waals surface area contributed by atoms with Gasteiger partial charge in [-0.3, -0.25) is 9.80 Å². The minimum Gasteiger partial charge on any atom is -0.390 e. The van der Waals surface area contributed by atoms with Crippen LogP contribution in [0.1, 0.15) is 5.56 Å². The number of anilines is 2. The molecule has 30 heavy (non-hydrogen) atoms. The lowest BCUT2D eigenvalue weighted by atomic mass is 10.1. The fourth-order valence-electron chi connectivity index (χ4n) is 4.47. The van der Waals surface area contributed by atoms with Gasteiger partial charge < -0.3 is 20.7 Å². The molecule has 0 bridgehead atoms. The lowest BCUT2D eigenvalue weighted by Crippen LogP contribution is -2.53. The highest BCUT2D eigenvalue weighted by atomic mass is 35.5. The van der Waals surface area contributed by atoms with Gasteiger partial charge in [-0.25, -0.2) is 4.98 Å². The quantitative estimate of drug-likeness (QED) is 0.563. The molecule has 4 N–H and O–H groups in total. The zero-order valence-corrected chi connectivity index (χ0v) is 17.3. The predicted molar refractivity (Wildman–Crippen MR) is 116 cm³/mol. The van der Waals surface area contributed by atoms with Gasteiger partial charge in [0.25, 0.3) is 0 Å². The highest BCUT2D eigenvalue weighted by Crippen LogP contribution is 2.28. The molecule has 158 valence electrons. The number of nitrogens with two attached hydrogens (primary N) is 1. The van der Waals surface area contributed by atoms with Gasteiger partial charge >= 0.3 is 0 Å². The molecule has 1 aromatic carbocycles. The number of hydrogen-bond acceptors (Lipinski definition) is 8. The minimum absolute atomic E-state index is 0.0665. The summed E-state index contributed by atoms with van der Waals surface area (Å²) in [5.74, 6) is 0.899. The van der Waals surface area contributed by atoms with E-state index in [0.29, 0.717) is 24.6 Å². The van der Waals surface area contributed by atoms with E-state index in [2.05, 4.69) is 46.8 Å². The van der Waals surface area contributed by atoms with Crippen molar-refractivity contribution in [2.75, 3.05) is 49.9 Å². The molecule has 0 amide bonds.